The van der Waals surface area contributed by atoms with Gasteiger partial charge in [-0.05, 0) is 18.9 Å². The number of aromatic nitrogens is 1. The number of thiazole rings is 1. The van der Waals surface area contributed by atoms with E-state index >= 15 is 0 Å². The lowest BCUT2D eigenvalue weighted by Gasteiger charge is -2.22. The Labute approximate surface area is 152 Å². The van der Waals surface area contributed by atoms with E-state index in [1.165, 1.54) is 24.5 Å². The normalized spacial score (nSPS) is 15.8. The van der Waals surface area contributed by atoms with Crippen LogP contribution in [0.15, 0.2) is 18.2 Å². The third kappa shape index (κ3) is 3.64. The van der Waals surface area contributed by atoms with Crippen molar-refractivity contribution in [3.63, 3.8) is 0 Å². The summed E-state index contributed by atoms with van der Waals surface area (Å²) in [4.78, 5) is 39.9. The highest BCUT2D eigenvalue weighted by atomic mass is 32.1. The molecule has 0 bridgehead atoms. The minimum Gasteiger partial charge on any atom is -0.465 e. The Morgan fingerprint density at radius 1 is 1.38 bits per heavy atom. The molecule has 1 atom stereocenters. The molecular formula is C16H16N4O5S. The van der Waals surface area contributed by atoms with Crippen LogP contribution in [0.5, 0.6) is 0 Å². The number of amides is 1. The fraction of sp³-hybridized carbons (Fsp3) is 0.312. The summed E-state index contributed by atoms with van der Waals surface area (Å²) in [6, 6.07) is 3.37. The molecule has 0 saturated carbocycles. The Kier molecular flexibility index (Phi) is 4.85. The molecule has 26 heavy (non-hydrogen) atoms. The molecule has 1 aromatic heterocycles. The maximum absolute atomic E-state index is 12.5. The van der Waals surface area contributed by atoms with Crippen LogP contribution in [0.25, 0.3) is 0 Å². The van der Waals surface area contributed by atoms with Gasteiger partial charge in [-0.3, -0.25) is 14.9 Å². The molecule has 0 radical (unpaired) electrons. The fourth-order valence-electron chi connectivity index (χ4n) is 2.87. The van der Waals surface area contributed by atoms with Crippen molar-refractivity contribution >= 4 is 34.0 Å². The van der Waals surface area contributed by atoms with Crippen molar-refractivity contribution < 1.29 is 19.2 Å². The first-order chi connectivity index (χ1) is 12.4. The average Bonchev–Trinajstić information content (AvgIpc) is 2.99. The number of nitrogens with one attached hydrogen (secondary N) is 1. The first-order valence-corrected chi connectivity index (χ1v) is 8.61. The molecule has 1 aliphatic rings. The van der Waals surface area contributed by atoms with Crippen LogP contribution in [0.1, 0.15) is 37.7 Å². The van der Waals surface area contributed by atoms with E-state index < -0.39 is 16.8 Å². The highest BCUT2D eigenvalue weighted by molar-refractivity contribution is 7.15. The summed E-state index contributed by atoms with van der Waals surface area (Å²) in [6.45, 7) is 0. The van der Waals surface area contributed by atoms with Gasteiger partial charge in [0.25, 0.3) is 11.6 Å². The van der Waals surface area contributed by atoms with Gasteiger partial charge in [-0.1, -0.05) is 0 Å². The quantitative estimate of drug-likeness (QED) is 0.470. The molecule has 2 aromatic rings. The molecular weight excluding hydrogens is 360 g/mol. The minimum absolute atomic E-state index is 0.0363. The number of esters is 1. The van der Waals surface area contributed by atoms with Crippen LogP contribution >= 0.6 is 11.3 Å². The number of hydrogen-bond acceptors (Lipinski definition) is 8. The number of non-ortho nitro benzene ring substituents is 1. The number of nitrogen functional groups attached to an aromatic ring is 1. The van der Waals surface area contributed by atoms with Crippen LogP contribution in [0.4, 0.5) is 10.8 Å². The first kappa shape index (κ1) is 17.8. The molecule has 1 heterocycles. The maximum Gasteiger partial charge on any atom is 0.338 e. The molecule has 10 heteroatoms. The van der Waals surface area contributed by atoms with E-state index in [0.29, 0.717) is 24.4 Å². The zero-order valence-corrected chi connectivity index (χ0v) is 14.7. The Morgan fingerprint density at radius 3 is 2.81 bits per heavy atom. The van der Waals surface area contributed by atoms with Crippen LogP contribution in [0.2, 0.25) is 0 Å². The molecule has 0 unspecified atom stereocenters. The molecule has 1 aliphatic carbocycles. The average molecular weight is 376 g/mol. The van der Waals surface area contributed by atoms with Gasteiger partial charge in [-0.25, -0.2) is 9.78 Å². The predicted octanol–water partition coefficient (Wildman–Crippen LogP) is 1.71. The van der Waals surface area contributed by atoms with Gasteiger partial charge >= 0.3 is 5.97 Å². The van der Waals surface area contributed by atoms with Gasteiger partial charge in [0, 0.05) is 35.0 Å². The summed E-state index contributed by atoms with van der Waals surface area (Å²) in [5.41, 5.74) is 6.31. The summed E-state index contributed by atoms with van der Waals surface area (Å²) >= 11 is 1.40. The number of nitro groups is 1. The van der Waals surface area contributed by atoms with Gasteiger partial charge in [-0.15, -0.1) is 11.3 Å². The number of rotatable bonds is 4. The van der Waals surface area contributed by atoms with Crippen LogP contribution in [-0.2, 0) is 17.6 Å². The Balaban J connectivity index is 1.80. The molecule has 136 valence electrons. The van der Waals surface area contributed by atoms with Gasteiger partial charge in [-0.2, -0.15) is 0 Å². The number of fused-ring (bicyclic) bond motifs is 1. The molecule has 9 nitrogen and oxygen atoms in total. The van der Waals surface area contributed by atoms with Crippen molar-refractivity contribution in [2.24, 2.45) is 0 Å². The maximum atomic E-state index is 12.5. The van der Waals surface area contributed by atoms with Crippen LogP contribution in [0.3, 0.4) is 0 Å². The molecule has 0 aliphatic heterocycles. The van der Waals surface area contributed by atoms with Crippen molar-refractivity contribution in [3.05, 3.63) is 50.0 Å². The largest absolute Gasteiger partial charge is 0.465 e. The summed E-state index contributed by atoms with van der Waals surface area (Å²) < 4.78 is 4.59. The lowest BCUT2D eigenvalue weighted by atomic mass is 9.97. The zero-order valence-electron chi connectivity index (χ0n) is 13.9. The number of nitrogens with zero attached hydrogens (tertiary/aromatic N) is 2. The molecule has 1 amide bonds. The van der Waals surface area contributed by atoms with Crippen molar-refractivity contribution in [2.45, 2.75) is 25.3 Å². The van der Waals surface area contributed by atoms with Gasteiger partial charge in [0.05, 0.1) is 23.3 Å². The molecule has 3 rings (SSSR count). The number of ether oxygens (including phenoxy) is 1. The third-order valence-electron chi connectivity index (χ3n) is 4.10. The van der Waals surface area contributed by atoms with Crippen LogP contribution in [-0.4, -0.2) is 34.9 Å². The topological polar surface area (TPSA) is 137 Å². The number of anilines is 1. The molecule has 0 fully saturated rings. The fourth-order valence-corrected chi connectivity index (χ4v) is 3.83. The lowest BCUT2D eigenvalue weighted by Crippen LogP contribution is -2.38. The molecule has 0 spiro atoms. The van der Waals surface area contributed by atoms with Crippen molar-refractivity contribution in [2.75, 3.05) is 12.8 Å². The monoisotopic (exact) mass is 376 g/mol. The van der Waals surface area contributed by atoms with Gasteiger partial charge < -0.3 is 15.8 Å². The van der Waals surface area contributed by atoms with Crippen molar-refractivity contribution in [1.29, 1.82) is 0 Å². The second kappa shape index (κ2) is 7.08. The molecule has 3 N–H and O–H groups in total. The number of carbonyl (C=O) groups excluding carboxylic acids is 2. The van der Waals surface area contributed by atoms with Gasteiger partial charge in [0.1, 0.15) is 0 Å². The number of benzene rings is 1. The Hall–Kier alpha value is -3.01. The third-order valence-corrected chi connectivity index (χ3v) is 5.05. The minimum atomic E-state index is -0.745. The SMILES string of the molecule is COC(=O)c1cc(C(=O)N[C@H]2CCc3nc(N)sc3C2)cc([N+](=O)[O-])c1. The van der Waals surface area contributed by atoms with Gasteiger partial charge in [0.2, 0.25) is 0 Å². The second-order valence-electron chi connectivity index (χ2n) is 5.85. The highest BCUT2D eigenvalue weighted by Gasteiger charge is 2.25. The number of nitro benzene ring substituents is 1. The standard InChI is InChI=1S/C16H16N4O5S/c1-25-15(22)9-4-8(5-11(6-9)20(23)24)14(21)18-10-2-3-12-13(7-10)26-16(17)19-12/h4-6,10H,2-3,7H2,1H3,(H2,17,19)(H,18,21)/t10-/m0/s1. The van der Waals surface area contributed by atoms with Crippen LogP contribution in [0, 0.1) is 10.1 Å². The second-order valence-corrected chi connectivity index (χ2v) is 6.97. The summed E-state index contributed by atoms with van der Waals surface area (Å²) in [5.74, 6) is -1.23. The van der Waals surface area contributed by atoms with E-state index in [2.05, 4.69) is 15.0 Å². The summed E-state index contributed by atoms with van der Waals surface area (Å²) in [7, 11) is 1.17. The number of methoxy groups -OCH3 is 1. The smallest absolute Gasteiger partial charge is 0.338 e. The van der Waals surface area contributed by atoms with Crippen LogP contribution < -0.4 is 11.1 Å². The van der Waals surface area contributed by atoms with Gasteiger partial charge in [0.15, 0.2) is 5.13 Å². The molecule has 1 aromatic carbocycles. The van der Waals surface area contributed by atoms with E-state index in [9.17, 15) is 19.7 Å². The van der Waals surface area contributed by atoms with E-state index in [-0.39, 0.29) is 22.9 Å². The van der Waals surface area contributed by atoms with E-state index in [0.717, 1.165) is 22.7 Å². The predicted molar refractivity (Wildman–Crippen MR) is 94.2 cm³/mol. The first-order valence-electron chi connectivity index (χ1n) is 7.80. The summed E-state index contributed by atoms with van der Waals surface area (Å²) in [5, 5.41) is 14.4. The Bertz CT molecular complexity index is 895. The zero-order chi connectivity index (χ0) is 18.8. The van der Waals surface area contributed by atoms with E-state index in [4.69, 9.17) is 5.73 Å². The summed E-state index contributed by atoms with van der Waals surface area (Å²) in [6.07, 6.45) is 2.01. The lowest BCUT2D eigenvalue weighted by molar-refractivity contribution is -0.384. The molecule has 0 saturated heterocycles. The number of aryl methyl sites for hydroxylation is 1. The van der Waals surface area contributed by atoms with E-state index in [1.807, 2.05) is 0 Å². The Morgan fingerprint density at radius 2 is 2.12 bits per heavy atom. The number of hydrogen-bond donors (Lipinski definition) is 2. The van der Waals surface area contributed by atoms with Crippen molar-refractivity contribution in [1.82, 2.24) is 10.3 Å². The highest BCUT2D eigenvalue weighted by Crippen LogP contribution is 2.28. The number of nitrogens with two attached hydrogens (primary N) is 1. The van der Waals surface area contributed by atoms with Crippen molar-refractivity contribution in [3.8, 4) is 0 Å². The number of carbonyl (C=O) groups is 2. The van der Waals surface area contributed by atoms with E-state index in [1.54, 1.807) is 0 Å².